The minimum atomic E-state index is -1.45. The summed E-state index contributed by atoms with van der Waals surface area (Å²) in [4.78, 5) is 64.6. The third-order valence-electron chi connectivity index (χ3n) is 5.48. The van der Waals surface area contributed by atoms with Gasteiger partial charge < -0.3 is 39.1 Å². The fourth-order valence-electron chi connectivity index (χ4n) is 3.29. The predicted molar refractivity (Wildman–Crippen MR) is 135 cm³/mol. The summed E-state index contributed by atoms with van der Waals surface area (Å²) in [7, 11) is 1.45. The van der Waals surface area contributed by atoms with Crippen molar-refractivity contribution in [2.45, 2.75) is 64.6 Å². The smallest absolute Gasteiger partial charge is 0.347 e. The Morgan fingerprint density at radius 2 is 1.44 bits per heavy atom. The van der Waals surface area contributed by atoms with Gasteiger partial charge in [0.2, 0.25) is 0 Å². The van der Waals surface area contributed by atoms with Crippen LogP contribution in [-0.2, 0) is 54.1 Å². The minimum absolute atomic E-state index is 0.0199. The number of aliphatic hydroxyl groups excluding tert-OH is 1. The molecule has 2 rings (SSSR count). The summed E-state index contributed by atoms with van der Waals surface area (Å²) in [6.07, 6.45) is -3.82. The van der Waals surface area contributed by atoms with Crippen molar-refractivity contribution in [1.82, 2.24) is 10.3 Å². The highest BCUT2D eigenvalue weighted by atomic mass is 16.6. The van der Waals surface area contributed by atoms with Crippen LogP contribution >= 0.6 is 0 Å². The van der Waals surface area contributed by atoms with E-state index in [9.17, 15) is 24.0 Å². The Bertz CT molecular complexity index is 1160. The number of benzene rings is 1. The van der Waals surface area contributed by atoms with Crippen molar-refractivity contribution < 1.29 is 52.8 Å². The van der Waals surface area contributed by atoms with E-state index >= 15 is 0 Å². The van der Waals surface area contributed by atoms with Gasteiger partial charge >= 0.3 is 23.9 Å². The molecule has 0 aliphatic rings. The van der Waals surface area contributed by atoms with E-state index in [-0.39, 0.29) is 19.6 Å². The topological polar surface area (TPSA) is 180 Å². The number of esters is 4. The standard InChI is InChI=1S/C26H34N2O11/c1-14(29)23(31)38-16(3)25(33)39-17(4)24(32)37-15(2)22(30)28-21(26(34)36-11-10-35-5)12-18-13-27-20-9-7-6-8-19(18)20/h6-9,13-17,21,27,29H,10-12H2,1-5H3,(H,28,30). The number of aliphatic hydroxyl groups is 1. The summed E-state index contributed by atoms with van der Waals surface area (Å²) >= 11 is 0. The lowest BCUT2D eigenvalue weighted by Crippen LogP contribution is -2.48. The number of nitrogens with one attached hydrogen (secondary N) is 2. The lowest BCUT2D eigenvalue weighted by atomic mass is 10.0. The Kier molecular flexibility index (Phi) is 11.9. The second kappa shape index (κ2) is 14.8. The molecule has 0 spiro atoms. The SMILES string of the molecule is COCCOC(=O)C(Cc1c[nH]c2ccccc12)NC(=O)C(C)OC(=O)C(C)OC(=O)C(C)OC(=O)C(C)O. The minimum Gasteiger partial charge on any atom is -0.462 e. The molecule has 1 heterocycles. The van der Waals surface area contributed by atoms with E-state index in [0.29, 0.717) is 0 Å². The van der Waals surface area contributed by atoms with E-state index in [4.69, 9.17) is 28.8 Å². The molecule has 214 valence electrons. The summed E-state index contributed by atoms with van der Waals surface area (Å²) in [6, 6.07) is 6.34. The summed E-state index contributed by atoms with van der Waals surface area (Å²) in [5, 5.41) is 12.6. The van der Waals surface area contributed by atoms with Crippen molar-refractivity contribution in [3.05, 3.63) is 36.0 Å². The van der Waals surface area contributed by atoms with Gasteiger partial charge in [-0.2, -0.15) is 0 Å². The molecule has 3 N–H and O–H groups in total. The maximum atomic E-state index is 12.8. The molecule has 5 atom stereocenters. The fourth-order valence-corrected chi connectivity index (χ4v) is 3.29. The third-order valence-corrected chi connectivity index (χ3v) is 5.48. The van der Waals surface area contributed by atoms with Crippen LogP contribution in [0.1, 0.15) is 33.3 Å². The number of ether oxygens (including phenoxy) is 5. The molecule has 0 aliphatic heterocycles. The van der Waals surface area contributed by atoms with Crippen LogP contribution in [-0.4, -0.2) is 90.7 Å². The first-order chi connectivity index (χ1) is 18.4. The van der Waals surface area contributed by atoms with E-state index in [1.54, 1.807) is 6.20 Å². The highest BCUT2D eigenvalue weighted by Gasteiger charge is 2.31. The second-order valence-corrected chi connectivity index (χ2v) is 8.70. The average Bonchev–Trinajstić information content (AvgIpc) is 3.30. The zero-order valence-electron chi connectivity index (χ0n) is 22.4. The number of hydrogen-bond donors (Lipinski definition) is 3. The molecule has 0 saturated carbocycles. The molecule has 0 saturated heterocycles. The molecule has 1 aromatic carbocycles. The molecule has 0 aliphatic carbocycles. The van der Waals surface area contributed by atoms with Crippen molar-refractivity contribution in [2.75, 3.05) is 20.3 Å². The van der Waals surface area contributed by atoms with Gasteiger partial charge in [-0.1, -0.05) is 18.2 Å². The summed E-state index contributed by atoms with van der Waals surface area (Å²) < 4.78 is 24.8. The second-order valence-electron chi connectivity index (χ2n) is 8.70. The Hall–Kier alpha value is -3.97. The molecule has 13 nitrogen and oxygen atoms in total. The Labute approximate surface area is 225 Å². The number of carbonyl (C=O) groups is 5. The van der Waals surface area contributed by atoms with Gasteiger partial charge in [0.1, 0.15) is 18.8 Å². The zero-order chi connectivity index (χ0) is 29.1. The summed E-state index contributed by atoms with van der Waals surface area (Å²) in [5.74, 6) is -4.62. The number of hydrogen-bond acceptors (Lipinski definition) is 11. The van der Waals surface area contributed by atoms with Gasteiger partial charge in [-0.05, 0) is 39.3 Å². The molecule has 2 aromatic rings. The maximum Gasteiger partial charge on any atom is 0.347 e. The van der Waals surface area contributed by atoms with Crippen LogP contribution in [0.2, 0.25) is 0 Å². The number of carbonyl (C=O) groups excluding carboxylic acids is 5. The highest BCUT2D eigenvalue weighted by molar-refractivity contribution is 5.90. The first kappa shape index (κ1) is 31.2. The third kappa shape index (κ3) is 9.37. The van der Waals surface area contributed by atoms with E-state index < -0.39 is 60.2 Å². The zero-order valence-corrected chi connectivity index (χ0v) is 22.4. The first-order valence-corrected chi connectivity index (χ1v) is 12.2. The lowest BCUT2D eigenvalue weighted by molar-refractivity contribution is -0.181. The number of rotatable bonds is 14. The van der Waals surface area contributed by atoms with Gasteiger partial charge in [0.25, 0.3) is 5.91 Å². The first-order valence-electron chi connectivity index (χ1n) is 12.2. The van der Waals surface area contributed by atoms with Crippen LogP contribution in [0, 0.1) is 0 Å². The number of methoxy groups -OCH3 is 1. The number of amides is 1. The Morgan fingerprint density at radius 3 is 2.05 bits per heavy atom. The van der Waals surface area contributed by atoms with Crippen LogP contribution in [0.25, 0.3) is 10.9 Å². The largest absolute Gasteiger partial charge is 0.462 e. The molecule has 13 heteroatoms. The fraction of sp³-hybridized carbons (Fsp3) is 0.500. The van der Waals surface area contributed by atoms with Crippen molar-refractivity contribution in [3.63, 3.8) is 0 Å². The van der Waals surface area contributed by atoms with Crippen LogP contribution < -0.4 is 5.32 Å². The molecular formula is C26H34N2O11. The number of aromatic nitrogens is 1. The molecule has 39 heavy (non-hydrogen) atoms. The van der Waals surface area contributed by atoms with E-state index in [1.165, 1.54) is 27.9 Å². The number of para-hydroxylation sites is 1. The van der Waals surface area contributed by atoms with Gasteiger partial charge in [-0.25, -0.2) is 19.2 Å². The normalized spacial score (nSPS) is 14.8. The van der Waals surface area contributed by atoms with E-state index in [1.807, 2.05) is 24.3 Å². The molecule has 1 amide bonds. The van der Waals surface area contributed by atoms with Crippen molar-refractivity contribution in [3.8, 4) is 0 Å². The molecule has 0 radical (unpaired) electrons. The van der Waals surface area contributed by atoms with E-state index in [0.717, 1.165) is 23.4 Å². The van der Waals surface area contributed by atoms with Gasteiger partial charge in [-0.15, -0.1) is 0 Å². The van der Waals surface area contributed by atoms with Crippen molar-refractivity contribution >= 4 is 40.7 Å². The monoisotopic (exact) mass is 550 g/mol. The van der Waals surface area contributed by atoms with Crippen LogP contribution in [0.5, 0.6) is 0 Å². The van der Waals surface area contributed by atoms with Crippen LogP contribution in [0.3, 0.4) is 0 Å². The van der Waals surface area contributed by atoms with Crippen molar-refractivity contribution in [1.29, 1.82) is 0 Å². The Balaban J connectivity index is 2.01. The van der Waals surface area contributed by atoms with Crippen LogP contribution in [0.4, 0.5) is 0 Å². The van der Waals surface area contributed by atoms with Crippen molar-refractivity contribution in [2.24, 2.45) is 0 Å². The molecular weight excluding hydrogens is 516 g/mol. The van der Waals surface area contributed by atoms with Gasteiger partial charge in [0.05, 0.1) is 6.61 Å². The number of aromatic amines is 1. The van der Waals surface area contributed by atoms with Gasteiger partial charge in [-0.3, -0.25) is 4.79 Å². The maximum absolute atomic E-state index is 12.8. The van der Waals surface area contributed by atoms with Gasteiger partial charge in [0.15, 0.2) is 18.3 Å². The Morgan fingerprint density at radius 1 is 0.846 bits per heavy atom. The molecule has 1 aromatic heterocycles. The number of fused-ring (bicyclic) bond motifs is 1. The average molecular weight is 551 g/mol. The number of H-pyrrole nitrogens is 1. The van der Waals surface area contributed by atoms with Crippen LogP contribution in [0.15, 0.2) is 30.5 Å². The highest BCUT2D eigenvalue weighted by Crippen LogP contribution is 2.19. The summed E-state index contributed by atoms with van der Waals surface area (Å²) in [6.45, 7) is 5.01. The molecule has 0 bridgehead atoms. The van der Waals surface area contributed by atoms with Gasteiger partial charge in [0, 0.05) is 30.6 Å². The lowest BCUT2D eigenvalue weighted by Gasteiger charge is -2.21. The predicted octanol–water partition coefficient (Wildman–Crippen LogP) is 0.561. The quantitative estimate of drug-likeness (QED) is 0.170. The molecule has 0 fully saturated rings. The van der Waals surface area contributed by atoms with E-state index in [2.05, 4.69) is 10.3 Å². The summed E-state index contributed by atoms with van der Waals surface area (Å²) in [5.41, 5.74) is 1.61. The molecule has 5 unspecified atom stereocenters.